The van der Waals surface area contributed by atoms with Crippen molar-refractivity contribution in [1.82, 2.24) is 75.7 Å². The molecular formula is C74H97Cl4N18PW3-6. The van der Waals surface area contributed by atoms with Crippen molar-refractivity contribution in [3.63, 3.8) is 0 Å². The number of aryl methyl sites for hydroxylation is 2. The third kappa shape index (κ3) is 28.6. The molecule has 540 valence electrons. The van der Waals surface area contributed by atoms with Gasteiger partial charge in [-0.25, -0.2) is 4.68 Å². The molecule has 26 heteroatoms. The predicted molar refractivity (Wildman–Crippen MR) is 397 cm³/mol. The molecule has 12 rings (SSSR count). The molecule has 1 N–H and O–H groups in total. The van der Waals surface area contributed by atoms with Gasteiger partial charge in [-0.1, -0.05) is 310 Å². The fraction of sp³-hybridized carbons (Fsp3) is 0.392. The Morgan fingerprint density at radius 1 is 0.450 bits per heavy atom. The zero-order valence-electron chi connectivity index (χ0n) is 59.8. The van der Waals surface area contributed by atoms with Crippen LogP contribution in [0.3, 0.4) is 0 Å². The van der Waals surface area contributed by atoms with E-state index in [0.717, 1.165) is 76.0 Å². The van der Waals surface area contributed by atoms with Gasteiger partial charge >= 0.3 is 0 Å². The summed E-state index contributed by atoms with van der Waals surface area (Å²) in [6.07, 6.45) is 2.91. The van der Waals surface area contributed by atoms with Crippen molar-refractivity contribution in [3.8, 4) is 0 Å². The van der Waals surface area contributed by atoms with Crippen LogP contribution in [-0.4, -0.2) is 118 Å². The number of halogens is 4. The molecule has 0 bridgehead atoms. The smallest absolute Gasteiger partial charge is 0.266 e. The number of piperidine rings is 3. The van der Waals surface area contributed by atoms with Crippen molar-refractivity contribution >= 4 is 70.2 Å². The van der Waals surface area contributed by atoms with Crippen LogP contribution in [-0.2, 0) is 93.5 Å². The molecule has 3 aliphatic heterocycles. The van der Waals surface area contributed by atoms with Crippen LogP contribution in [0.2, 0.25) is 0 Å². The van der Waals surface area contributed by atoms with Crippen molar-refractivity contribution in [3.05, 3.63) is 257 Å². The average molecular weight is 1960 g/mol. The van der Waals surface area contributed by atoms with Crippen LogP contribution in [0.5, 0.6) is 0 Å². The van der Waals surface area contributed by atoms with Gasteiger partial charge in [0.05, 0.1) is 23.3 Å². The van der Waals surface area contributed by atoms with Gasteiger partial charge in [0, 0.05) is 70.2 Å². The first kappa shape index (κ1) is 98.7. The Morgan fingerprint density at radius 3 is 1.00 bits per heavy atom. The van der Waals surface area contributed by atoms with Crippen LogP contribution < -0.4 is 15.9 Å². The summed E-state index contributed by atoms with van der Waals surface area (Å²) in [6, 6.07) is 64.0. The Hall–Kier alpha value is -5.47. The van der Waals surface area contributed by atoms with Gasteiger partial charge < -0.3 is 50.2 Å². The minimum Gasteiger partial charge on any atom is -0.512 e. The van der Waals surface area contributed by atoms with E-state index >= 15 is 0 Å². The molecule has 6 unspecified atom stereocenters. The summed E-state index contributed by atoms with van der Waals surface area (Å²) < 4.78 is 0.197. The maximum atomic E-state index is 6.25. The SMILES string of the molecule is CC.CC.CC.CC.ClC(Cl)(Cl)Cl.[C-]#N.[C-]#N.[C-]#N.[CH2-]N1CCC(c2ccccc2)(c2nn[nH]n2)C(C)C1.[CH2-]N1CCC(c2ccccc2)(c2nnn(C)n2)C(C)C1.[CH2-]N1CCC(c2ccccc2)(c2nnnn2C)C(C)C1.[W].[W].[W].c1ccc(P(c2ccccc2)c2ccccc2)cc1. The standard InChI is InChI=1S/C18H15P.2C15H20N5.C14H18N5.4C2H6.CCl4.3CN.3W/c1-4-10-16(11-5-1)19(17-12-6-2-7-13-17)18-14-8-3-9-15-18;1-12-11-19(2)10-9-15(12,13-7-5-4-6-8-13)14-16-17-18-20(14)3;1-12-11-19(2)10-9-15(12,13-7-5-4-6-8-13)14-16-18-20(3)17-14;1-11-10-19(2)9-8-14(11,13-15-17-18-16-13)12-6-4-3-5-7-12;4*1-2;2-1(3,4)5;3*1-2;;;/h1-15H;2*4-8,12H,2,9-11H2,1,3H3;3-7,11H,2,8-10H2,1H3,(H,15,16,17,18);4*1-2H3;;;;;;;/q;3*-1;;;;;;3*-1;;;. The number of nitrogens with one attached hydrogen (secondary N) is 1. The number of alkyl halides is 4. The van der Waals surface area contributed by atoms with E-state index in [4.69, 9.17) is 81.9 Å². The second-order valence-electron chi connectivity index (χ2n) is 21.4. The number of rotatable bonds is 9. The number of nitrogens with zero attached hydrogens (tertiary/aromatic N) is 17. The number of aromatic amines is 1. The zero-order chi connectivity index (χ0) is 73.0. The topological polar surface area (TPSA) is 223 Å². The van der Waals surface area contributed by atoms with E-state index in [0.29, 0.717) is 17.8 Å². The molecule has 0 amide bonds. The molecular weight excluding hydrogens is 1870 g/mol. The fourth-order valence-corrected chi connectivity index (χ4v) is 14.4. The van der Waals surface area contributed by atoms with Crippen molar-refractivity contribution < 1.29 is 63.2 Å². The van der Waals surface area contributed by atoms with Crippen LogP contribution in [0.25, 0.3) is 0 Å². The summed E-state index contributed by atoms with van der Waals surface area (Å²) in [5.41, 5.74) is 3.36. The van der Waals surface area contributed by atoms with Gasteiger partial charge in [0.25, 0.3) is 3.25 Å². The van der Waals surface area contributed by atoms with E-state index < -0.39 is 11.2 Å². The fourth-order valence-electron chi connectivity index (χ4n) is 12.1. The van der Waals surface area contributed by atoms with Crippen LogP contribution in [0.15, 0.2) is 182 Å². The molecule has 100 heavy (non-hydrogen) atoms. The number of hydrogen-bond acceptors (Lipinski definition) is 15. The number of benzene rings is 6. The van der Waals surface area contributed by atoms with Gasteiger partial charge in [-0.2, -0.15) is 10.0 Å². The van der Waals surface area contributed by atoms with Gasteiger partial charge in [-0.05, 0) is 132 Å². The molecule has 6 atom stereocenters. The Kier molecular flexibility index (Phi) is 53.5. The van der Waals surface area contributed by atoms with E-state index in [1.807, 2.05) is 92.4 Å². The Labute approximate surface area is 662 Å². The first-order chi connectivity index (χ1) is 47.0. The van der Waals surface area contributed by atoms with E-state index in [2.05, 4.69) is 272 Å². The van der Waals surface area contributed by atoms with E-state index in [1.165, 1.54) is 32.6 Å². The van der Waals surface area contributed by atoms with Crippen molar-refractivity contribution in [1.29, 1.82) is 15.8 Å². The molecule has 0 radical (unpaired) electrons. The Morgan fingerprint density at radius 2 is 0.740 bits per heavy atom. The molecule has 3 aromatic heterocycles. The normalized spacial score (nSPS) is 19.4. The first-order valence-corrected chi connectivity index (χ1v) is 35.2. The minimum absolute atomic E-state index is 0. The van der Waals surface area contributed by atoms with Crippen molar-refractivity contribution in [2.24, 2.45) is 31.8 Å². The van der Waals surface area contributed by atoms with Gasteiger partial charge in [0.2, 0.25) is 0 Å². The minimum atomic E-state index is -1.61. The van der Waals surface area contributed by atoms with Crippen LogP contribution >= 0.6 is 54.3 Å². The van der Waals surface area contributed by atoms with E-state index in [-0.39, 0.29) is 79.4 Å². The van der Waals surface area contributed by atoms with Gasteiger partial charge in [0.1, 0.15) is 0 Å². The zero-order valence-corrected chi connectivity index (χ0v) is 72.5. The summed E-state index contributed by atoms with van der Waals surface area (Å²) >= 11 is 19.3. The molecule has 3 aliphatic rings. The molecule has 9 aromatic rings. The van der Waals surface area contributed by atoms with E-state index in [1.54, 1.807) is 4.80 Å². The van der Waals surface area contributed by atoms with Crippen molar-refractivity contribution in [2.45, 2.75) is 115 Å². The number of aromatic nitrogens is 12. The number of likely N-dealkylation sites (tertiary alicyclic amines) is 3. The van der Waals surface area contributed by atoms with Crippen molar-refractivity contribution in [2.75, 3.05) is 39.3 Å². The van der Waals surface area contributed by atoms with Crippen LogP contribution in [0.4, 0.5) is 0 Å². The number of tetrazole rings is 3. The van der Waals surface area contributed by atoms with Crippen LogP contribution in [0.1, 0.15) is 130 Å². The third-order valence-corrected chi connectivity index (χ3v) is 18.6. The summed E-state index contributed by atoms with van der Waals surface area (Å²) in [6.45, 7) is 42.6. The van der Waals surface area contributed by atoms with Gasteiger partial charge in [-0.3, -0.25) is 21.1 Å². The molecule has 6 heterocycles. The summed E-state index contributed by atoms with van der Waals surface area (Å²) in [7, 11) is 15.5. The first-order valence-electron chi connectivity index (χ1n) is 32.4. The summed E-state index contributed by atoms with van der Waals surface area (Å²) in [5, 5.41) is 63.0. The summed E-state index contributed by atoms with van der Waals surface area (Å²) in [4.78, 5) is 7.92. The van der Waals surface area contributed by atoms with Crippen LogP contribution in [0, 0.1) is 74.4 Å². The molecule has 6 aromatic carbocycles. The number of H-pyrrole nitrogens is 1. The monoisotopic (exact) mass is 1960 g/mol. The largest absolute Gasteiger partial charge is 0.512 e. The van der Waals surface area contributed by atoms with Gasteiger partial charge in [-0.15, -0.1) is 25.5 Å². The Balaban J connectivity index is -0.00000115. The Bertz CT molecular complexity index is 3360. The summed E-state index contributed by atoms with van der Waals surface area (Å²) in [5.74, 6) is 3.75. The second-order valence-corrected chi connectivity index (χ2v) is 27.1. The maximum Gasteiger partial charge on any atom is 0.266 e. The predicted octanol–water partition coefficient (Wildman–Crippen LogP) is 15.3. The molecule has 3 saturated heterocycles. The van der Waals surface area contributed by atoms with E-state index in [9.17, 15) is 0 Å². The molecule has 0 aliphatic carbocycles. The maximum absolute atomic E-state index is 6.25. The third-order valence-electron chi connectivity index (χ3n) is 16.2. The molecule has 18 nitrogen and oxygen atoms in total. The quantitative estimate of drug-likeness (QED) is 0.0806. The second kappa shape index (κ2) is 54.2. The molecule has 0 spiro atoms. The molecule has 3 fully saturated rings. The number of hydrogen-bond donors (Lipinski definition) is 1. The van der Waals surface area contributed by atoms with Gasteiger partial charge in [0.15, 0.2) is 17.5 Å². The molecule has 0 saturated carbocycles. The average Bonchev–Trinajstić information content (AvgIpc) is 1.31.